The molecule has 90 valence electrons. The number of fused-ring (bicyclic) bond motifs is 1. The smallest absolute Gasteiger partial charge is 0.189 e. The number of anilines is 1. The lowest BCUT2D eigenvalue weighted by atomic mass is 9.87. The maximum Gasteiger partial charge on any atom is 0.189 e. The second-order valence-corrected chi connectivity index (χ2v) is 5.35. The second-order valence-electron chi connectivity index (χ2n) is 4.26. The van der Waals surface area contributed by atoms with E-state index in [0.717, 1.165) is 34.4 Å². The van der Waals surface area contributed by atoms with E-state index in [9.17, 15) is 4.79 Å². The highest BCUT2D eigenvalue weighted by molar-refractivity contribution is 7.16. The van der Waals surface area contributed by atoms with Gasteiger partial charge in [-0.1, -0.05) is 35.6 Å². The predicted molar refractivity (Wildman–Crippen MR) is 73.6 cm³/mol. The molecule has 0 unspecified atom stereocenters. The third kappa shape index (κ3) is 1.95. The van der Waals surface area contributed by atoms with E-state index in [-0.39, 0.29) is 5.78 Å². The van der Waals surface area contributed by atoms with Crippen LogP contribution in [0.1, 0.15) is 27.2 Å². The Morgan fingerprint density at radius 1 is 1.28 bits per heavy atom. The number of carbonyl (C=O) groups is 1. The second kappa shape index (κ2) is 4.38. The summed E-state index contributed by atoms with van der Waals surface area (Å²) in [6.07, 6.45) is 5.32. The number of nitrogen functional groups attached to an aromatic ring is 1. The maximum atomic E-state index is 12.3. The van der Waals surface area contributed by atoms with Gasteiger partial charge in [0.1, 0.15) is 0 Å². The quantitative estimate of drug-likeness (QED) is 0.798. The van der Waals surface area contributed by atoms with Gasteiger partial charge >= 0.3 is 0 Å². The highest BCUT2D eigenvalue weighted by atomic mass is 32.1. The van der Waals surface area contributed by atoms with Crippen LogP contribution in [0.15, 0.2) is 36.0 Å². The van der Waals surface area contributed by atoms with Gasteiger partial charge in [0, 0.05) is 22.2 Å². The third-order valence-electron chi connectivity index (χ3n) is 3.08. The molecule has 0 radical (unpaired) electrons. The molecule has 18 heavy (non-hydrogen) atoms. The summed E-state index contributed by atoms with van der Waals surface area (Å²) in [6.45, 7) is 0. The van der Waals surface area contributed by atoms with Gasteiger partial charge in [0.25, 0.3) is 0 Å². The van der Waals surface area contributed by atoms with Crippen LogP contribution in [0.25, 0.3) is 6.08 Å². The molecule has 0 atom stereocenters. The van der Waals surface area contributed by atoms with Crippen molar-refractivity contribution in [3.63, 3.8) is 0 Å². The monoisotopic (exact) mass is 256 g/mol. The van der Waals surface area contributed by atoms with Crippen molar-refractivity contribution in [2.75, 3.05) is 5.73 Å². The van der Waals surface area contributed by atoms with E-state index >= 15 is 0 Å². The van der Waals surface area contributed by atoms with Crippen molar-refractivity contribution in [1.29, 1.82) is 0 Å². The van der Waals surface area contributed by atoms with Crippen LogP contribution in [0.2, 0.25) is 0 Å². The van der Waals surface area contributed by atoms with Crippen LogP contribution in [-0.4, -0.2) is 10.8 Å². The van der Waals surface area contributed by atoms with Crippen molar-refractivity contribution in [3.05, 3.63) is 52.0 Å². The highest BCUT2D eigenvalue weighted by Crippen LogP contribution is 2.27. The maximum absolute atomic E-state index is 12.3. The molecule has 2 aromatic rings. The average Bonchev–Trinajstić information content (AvgIpc) is 2.79. The van der Waals surface area contributed by atoms with E-state index in [1.165, 1.54) is 11.3 Å². The number of benzene rings is 1. The Morgan fingerprint density at radius 2 is 2.11 bits per heavy atom. The van der Waals surface area contributed by atoms with Gasteiger partial charge < -0.3 is 5.73 Å². The average molecular weight is 256 g/mol. The summed E-state index contributed by atoms with van der Waals surface area (Å²) in [7, 11) is 0. The lowest BCUT2D eigenvalue weighted by molar-refractivity contribution is 0.102. The molecule has 4 heteroatoms. The third-order valence-corrected chi connectivity index (χ3v) is 3.85. The van der Waals surface area contributed by atoms with E-state index < -0.39 is 0 Å². The number of thiazole rings is 1. The van der Waals surface area contributed by atoms with Gasteiger partial charge in [-0.15, -0.1) is 0 Å². The molecule has 0 bridgehead atoms. The van der Waals surface area contributed by atoms with E-state index in [1.807, 2.05) is 30.3 Å². The predicted octanol–water partition coefficient (Wildman–Crippen LogP) is 2.94. The van der Waals surface area contributed by atoms with Crippen LogP contribution < -0.4 is 5.73 Å². The first kappa shape index (κ1) is 11.2. The first-order chi connectivity index (χ1) is 8.74. The zero-order valence-corrected chi connectivity index (χ0v) is 10.5. The zero-order chi connectivity index (χ0) is 12.5. The van der Waals surface area contributed by atoms with Crippen LogP contribution in [0.3, 0.4) is 0 Å². The number of ketones is 1. The van der Waals surface area contributed by atoms with Crippen LogP contribution in [0.4, 0.5) is 5.13 Å². The Hall–Kier alpha value is -1.94. The number of aryl methyl sites for hydroxylation is 1. The molecule has 3 rings (SSSR count). The fraction of sp³-hybridized carbons (Fsp3) is 0.143. The number of carbonyl (C=O) groups excluding carboxylic acids is 1. The Balaban J connectivity index is 1.98. The normalized spacial score (nSPS) is 16.9. The van der Waals surface area contributed by atoms with Crippen molar-refractivity contribution in [2.24, 2.45) is 0 Å². The van der Waals surface area contributed by atoms with Gasteiger partial charge in [-0.2, -0.15) is 0 Å². The van der Waals surface area contributed by atoms with Crippen LogP contribution in [0, 0.1) is 0 Å². The van der Waals surface area contributed by atoms with E-state index in [2.05, 4.69) is 4.98 Å². The number of hydrogen-bond acceptors (Lipinski definition) is 4. The van der Waals surface area contributed by atoms with Crippen molar-refractivity contribution in [2.45, 2.75) is 12.8 Å². The van der Waals surface area contributed by atoms with Crippen LogP contribution in [0.5, 0.6) is 0 Å². The first-order valence-electron chi connectivity index (χ1n) is 5.78. The van der Waals surface area contributed by atoms with E-state index in [4.69, 9.17) is 5.73 Å². The highest BCUT2D eigenvalue weighted by Gasteiger charge is 2.21. The van der Waals surface area contributed by atoms with Crippen LogP contribution in [-0.2, 0) is 6.42 Å². The minimum Gasteiger partial charge on any atom is -0.375 e. The molecular weight excluding hydrogens is 244 g/mol. The standard InChI is InChI=1S/C14H12N2OS/c15-14-16-8-11(18-14)7-10-6-5-9-3-1-2-4-12(9)13(10)17/h1-4,7-8H,5-6H2,(H2,15,16)/b10-7+. The molecule has 0 amide bonds. The Morgan fingerprint density at radius 3 is 2.89 bits per heavy atom. The number of aromatic nitrogens is 1. The summed E-state index contributed by atoms with van der Waals surface area (Å²) in [4.78, 5) is 17.2. The summed E-state index contributed by atoms with van der Waals surface area (Å²) in [5.74, 6) is 0.129. The number of nitrogens with two attached hydrogens (primary N) is 1. The Labute approximate surface area is 109 Å². The fourth-order valence-corrected chi connectivity index (χ4v) is 2.85. The summed E-state index contributed by atoms with van der Waals surface area (Å²) < 4.78 is 0. The number of nitrogens with zero attached hydrogens (tertiary/aromatic N) is 1. The summed E-state index contributed by atoms with van der Waals surface area (Å²) in [5.41, 5.74) is 8.40. The van der Waals surface area contributed by atoms with Crippen molar-refractivity contribution in [3.8, 4) is 0 Å². The lowest BCUT2D eigenvalue weighted by Crippen LogP contribution is -2.13. The van der Waals surface area contributed by atoms with Gasteiger partial charge in [-0.05, 0) is 24.5 Å². The minimum atomic E-state index is 0.129. The topological polar surface area (TPSA) is 56.0 Å². The molecule has 0 spiro atoms. The molecule has 3 nitrogen and oxygen atoms in total. The number of rotatable bonds is 1. The minimum absolute atomic E-state index is 0.129. The molecule has 0 saturated heterocycles. The van der Waals surface area contributed by atoms with Crippen molar-refractivity contribution < 1.29 is 4.79 Å². The largest absolute Gasteiger partial charge is 0.375 e. The molecule has 1 heterocycles. The van der Waals surface area contributed by atoms with Crippen molar-refractivity contribution in [1.82, 2.24) is 4.98 Å². The van der Waals surface area contributed by atoms with Gasteiger partial charge in [-0.25, -0.2) is 4.98 Å². The number of Topliss-reactive ketones (excluding diaryl/α,β-unsaturated/α-hetero) is 1. The SMILES string of the molecule is Nc1ncc(/C=C2\CCc3ccccc3C2=O)s1. The molecule has 2 N–H and O–H groups in total. The molecule has 0 aliphatic heterocycles. The summed E-state index contributed by atoms with van der Waals surface area (Å²) in [5, 5.41) is 0.533. The Kier molecular flexibility index (Phi) is 2.72. The van der Waals surface area contributed by atoms with E-state index in [0.29, 0.717) is 5.13 Å². The molecule has 0 fully saturated rings. The van der Waals surface area contributed by atoms with Crippen molar-refractivity contribution >= 4 is 28.3 Å². The van der Waals surface area contributed by atoms with Crippen LogP contribution >= 0.6 is 11.3 Å². The summed E-state index contributed by atoms with van der Waals surface area (Å²) >= 11 is 1.40. The zero-order valence-electron chi connectivity index (χ0n) is 9.72. The molecule has 1 aliphatic carbocycles. The van der Waals surface area contributed by atoms with Gasteiger partial charge in [0.2, 0.25) is 0 Å². The van der Waals surface area contributed by atoms with Gasteiger partial charge in [-0.3, -0.25) is 4.79 Å². The molecule has 0 saturated carbocycles. The lowest BCUT2D eigenvalue weighted by Gasteiger charge is -2.16. The number of hydrogen-bond donors (Lipinski definition) is 1. The Bertz CT molecular complexity index is 643. The first-order valence-corrected chi connectivity index (χ1v) is 6.60. The molecule has 1 aliphatic rings. The fourth-order valence-electron chi connectivity index (χ4n) is 2.19. The van der Waals surface area contributed by atoms with E-state index in [1.54, 1.807) is 6.20 Å². The van der Waals surface area contributed by atoms with Gasteiger partial charge in [0.05, 0.1) is 0 Å². The summed E-state index contributed by atoms with van der Waals surface area (Å²) in [6, 6.07) is 7.80. The number of allylic oxidation sites excluding steroid dienone is 1. The van der Waals surface area contributed by atoms with Gasteiger partial charge in [0.15, 0.2) is 10.9 Å². The molecule has 1 aromatic heterocycles. The molecular formula is C14H12N2OS. The molecule has 1 aromatic carbocycles.